The minimum Gasteiger partial charge on any atom is -0.550 e. The van der Waals surface area contributed by atoms with Gasteiger partial charge in [0.05, 0.1) is 7.11 Å². The fourth-order valence-electron chi connectivity index (χ4n) is 1.68. The Hall–Kier alpha value is -1.97. The third-order valence-corrected chi connectivity index (χ3v) is 2.30. The maximum atomic E-state index is 10.5. The van der Waals surface area contributed by atoms with Crippen LogP contribution < -0.4 is 9.84 Å². The molecule has 0 bridgehead atoms. The number of aromatic amines is 1. The zero-order chi connectivity index (χ0) is 10.8. The van der Waals surface area contributed by atoms with Crippen molar-refractivity contribution in [1.29, 1.82) is 0 Å². The van der Waals surface area contributed by atoms with Crippen LogP contribution in [0.5, 0.6) is 5.75 Å². The molecule has 1 aromatic carbocycles. The quantitative estimate of drug-likeness (QED) is 0.790. The molecule has 0 spiro atoms. The first-order valence-corrected chi connectivity index (χ1v) is 4.55. The first-order chi connectivity index (χ1) is 7.22. The lowest BCUT2D eigenvalue weighted by molar-refractivity contribution is -0.304. The van der Waals surface area contributed by atoms with E-state index < -0.39 is 5.97 Å². The van der Waals surface area contributed by atoms with Crippen LogP contribution in [0.4, 0.5) is 0 Å². The number of benzene rings is 1. The molecule has 4 heteroatoms. The first kappa shape index (κ1) is 9.58. The fraction of sp³-hybridized carbons (Fsp3) is 0.182. The molecule has 1 heterocycles. The van der Waals surface area contributed by atoms with Gasteiger partial charge >= 0.3 is 0 Å². The van der Waals surface area contributed by atoms with Crippen molar-refractivity contribution >= 4 is 16.9 Å². The lowest BCUT2D eigenvalue weighted by atomic mass is 10.1. The number of nitrogens with one attached hydrogen (secondary N) is 1. The van der Waals surface area contributed by atoms with Crippen LogP contribution in [0.3, 0.4) is 0 Å². The number of aromatic nitrogens is 1. The number of hydrogen-bond acceptors (Lipinski definition) is 3. The second-order valence-corrected chi connectivity index (χ2v) is 3.25. The van der Waals surface area contributed by atoms with Gasteiger partial charge in [0.2, 0.25) is 0 Å². The van der Waals surface area contributed by atoms with Gasteiger partial charge in [-0.1, -0.05) is 6.07 Å². The van der Waals surface area contributed by atoms with Crippen LogP contribution in [-0.4, -0.2) is 18.1 Å². The summed E-state index contributed by atoms with van der Waals surface area (Å²) in [5.41, 5.74) is 1.55. The lowest BCUT2D eigenvalue weighted by Gasteiger charge is -2.05. The summed E-state index contributed by atoms with van der Waals surface area (Å²) in [6.45, 7) is 0. The van der Waals surface area contributed by atoms with Crippen LogP contribution in [0.1, 0.15) is 5.56 Å². The van der Waals surface area contributed by atoms with E-state index in [1.54, 1.807) is 19.4 Å². The van der Waals surface area contributed by atoms with Crippen LogP contribution in [-0.2, 0) is 11.2 Å². The number of hydrogen-bond donors (Lipinski definition) is 1. The molecule has 1 N–H and O–H groups in total. The average molecular weight is 204 g/mol. The van der Waals surface area contributed by atoms with E-state index in [0.717, 1.165) is 10.9 Å². The Morgan fingerprint density at radius 2 is 2.33 bits per heavy atom. The molecule has 0 atom stereocenters. The highest BCUT2D eigenvalue weighted by molar-refractivity contribution is 5.91. The topological polar surface area (TPSA) is 65.2 Å². The van der Waals surface area contributed by atoms with Gasteiger partial charge in [0.25, 0.3) is 0 Å². The molecule has 0 aliphatic rings. The smallest absolute Gasteiger partial charge is 0.128 e. The Bertz CT molecular complexity index is 502. The van der Waals surface area contributed by atoms with Crippen molar-refractivity contribution < 1.29 is 14.6 Å². The molecular formula is C11H10NO3-. The molecule has 0 aliphatic heterocycles. The van der Waals surface area contributed by atoms with E-state index in [9.17, 15) is 9.90 Å². The van der Waals surface area contributed by atoms with E-state index in [1.807, 2.05) is 12.1 Å². The van der Waals surface area contributed by atoms with Crippen LogP contribution in [0, 0.1) is 0 Å². The summed E-state index contributed by atoms with van der Waals surface area (Å²) in [4.78, 5) is 13.5. The highest BCUT2D eigenvalue weighted by Crippen LogP contribution is 2.28. The van der Waals surface area contributed by atoms with E-state index in [1.165, 1.54) is 0 Å². The minimum absolute atomic E-state index is 0.111. The third-order valence-electron chi connectivity index (χ3n) is 2.30. The number of rotatable bonds is 3. The van der Waals surface area contributed by atoms with Gasteiger partial charge in [-0.2, -0.15) is 0 Å². The number of carbonyl (C=O) groups excluding carboxylic acids is 1. The van der Waals surface area contributed by atoms with Crippen molar-refractivity contribution in [2.24, 2.45) is 0 Å². The van der Waals surface area contributed by atoms with E-state index in [2.05, 4.69) is 4.98 Å². The van der Waals surface area contributed by atoms with Crippen molar-refractivity contribution in [3.8, 4) is 5.75 Å². The Balaban J connectivity index is 2.60. The van der Waals surface area contributed by atoms with Crippen LogP contribution in [0.2, 0.25) is 0 Å². The molecule has 2 rings (SSSR count). The van der Waals surface area contributed by atoms with Gasteiger partial charge in [0.15, 0.2) is 0 Å². The Morgan fingerprint density at radius 1 is 1.53 bits per heavy atom. The molecule has 2 aromatic rings. The van der Waals surface area contributed by atoms with Gasteiger partial charge in [-0.05, 0) is 17.7 Å². The van der Waals surface area contributed by atoms with Gasteiger partial charge in [-0.15, -0.1) is 0 Å². The Labute approximate surface area is 86.5 Å². The summed E-state index contributed by atoms with van der Waals surface area (Å²) in [6, 6.07) is 5.52. The number of H-pyrrole nitrogens is 1. The van der Waals surface area contributed by atoms with Gasteiger partial charge in [-0.25, -0.2) is 0 Å². The lowest BCUT2D eigenvalue weighted by Crippen LogP contribution is -2.24. The molecule has 0 saturated carbocycles. The minimum atomic E-state index is -1.10. The maximum absolute atomic E-state index is 10.5. The molecule has 1 aromatic heterocycles. The number of ether oxygens (including phenoxy) is 1. The number of carbonyl (C=O) groups is 1. The summed E-state index contributed by atoms with van der Waals surface area (Å²) >= 11 is 0. The highest BCUT2D eigenvalue weighted by Gasteiger charge is 2.08. The summed E-state index contributed by atoms with van der Waals surface area (Å²) in [5, 5.41) is 11.4. The van der Waals surface area contributed by atoms with Gasteiger partial charge in [0, 0.05) is 29.5 Å². The summed E-state index contributed by atoms with van der Waals surface area (Å²) in [7, 11) is 1.56. The van der Waals surface area contributed by atoms with Crippen LogP contribution in [0.15, 0.2) is 24.4 Å². The number of methoxy groups -OCH3 is 1. The number of carboxylic acids is 1. The fourth-order valence-corrected chi connectivity index (χ4v) is 1.68. The van der Waals surface area contributed by atoms with Crippen molar-refractivity contribution in [3.05, 3.63) is 30.0 Å². The van der Waals surface area contributed by atoms with E-state index in [-0.39, 0.29) is 6.42 Å². The summed E-state index contributed by atoms with van der Waals surface area (Å²) in [6.07, 6.45) is 1.56. The molecule has 0 aliphatic carbocycles. The average Bonchev–Trinajstić information content (AvgIpc) is 2.61. The monoisotopic (exact) mass is 204 g/mol. The van der Waals surface area contributed by atoms with Crippen molar-refractivity contribution in [2.45, 2.75) is 6.42 Å². The summed E-state index contributed by atoms with van der Waals surface area (Å²) in [5.74, 6) is -0.424. The molecule has 78 valence electrons. The molecular weight excluding hydrogens is 194 g/mol. The van der Waals surface area contributed by atoms with Crippen molar-refractivity contribution in [1.82, 2.24) is 4.98 Å². The standard InChI is InChI=1S/C11H11NO3/c1-15-9-4-2-3-8-11(9)7(6-12-8)5-10(13)14/h2-4,6,12H,5H2,1H3,(H,13,14)/p-1. The zero-order valence-corrected chi connectivity index (χ0v) is 8.24. The van der Waals surface area contributed by atoms with Crippen molar-refractivity contribution in [2.75, 3.05) is 7.11 Å². The molecule has 0 amide bonds. The second kappa shape index (κ2) is 3.65. The van der Waals surface area contributed by atoms with Gasteiger partial charge in [0.1, 0.15) is 5.75 Å². The Kier molecular flexibility index (Phi) is 2.33. The summed E-state index contributed by atoms with van der Waals surface area (Å²) < 4.78 is 5.17. The SMILES string of the molecule is COc1cccc2[nH]cc(CC(=O)[O-])c12. The number of carboxylic acid groups (broad SMARTS) is 1. The van der Waals surface area contributed by atoms with Crippen molar-refractivity contribution in [3.63, 3.8) is 0 Å². The highest BCUT2D eigenvalue weighted by atomic mass is 16.5. The van der Waals surface area contributed by atoms with Gasteiger partial charge < -0.3 is 19.6 Å². The van der Waals surface area contributed by atoms with Crippen LogP contribution in [0.25, 0.3) is 10.9 Å². The predicted molar refractivity (Wildman–Crippen MR) is 53.6 cm³/mol. The number of aliphatic carboxylic acids is 1. The zero-order valence-electron chi connectivity index (χ0n) is 8.24. The first-order valence-electron chi connectivity index (χ1n) is 4.55. The van der Waals surface area contributed by atoms with E-state index >= 15 is 0 Å². The molecule has 0 radical (unpaired) electrons. The molecule has 0 saturated heterocycles. The molecule has 4 nitrogen and oxygen atoms in total. The van der Waals surface area contributed by atoms with Gasteiger partial charge in [-0.3, -0.25) is 0 Å². The van der Waals surface area contributed by atoms with E-state index in [0.29, 0.717) is 11.3 Å². The molecule has 0 unspecified atom stereocenters. The van der Waals surface area contributed by atoms with Crippen LogP contribution >= 0.6 is 0 Å². The largest absolute Gasteiger partial charge is 0.550 e. The number of fused-ring (bicyclic) bond motifs is 1. The predicted octanol–water partition coefficient (Wildman–Crippen LogP) is 0.469. The molecule has 15 heavy (non-hydrogen) atoms. The van der Waals surface area contributed by atoms with E-state index in [4.69, 9.17) is 4.74 Å². The second-order valence-electron chi connectivity index (χ2n) is 3.25. The molecule has 0 fully saturated rings. The normalized spacial score (nSPS) is 10.5. The Morgan fingerprint density at radius 3 is 3.00 bits per heavy atom. The maximum Gasteiger partial charge on any atom is 0.128 e. The third kappa shape index (κ3) is 1.66.